The number of hydrogen-bond acceptors (Lipinski definition) is 2. The summed E-state index contributed by atoms with van der Waals surface area (Å²) in [6, 6.07) is 69.0. The Balaban J connectivity index is 1.13. The molecule has 8 aromatic carbocycles. The van der Waals surface area contributed by atoms with E-state index in [-0.39, 0.29) is 0 Å². The van der Waals surface area contributed by atoms with Gasteiger partial charge in [-0.3, -0.25) is 0 Å². The molecule has 0 bridgehead atoms. The fraction of sp³-hybridized carbons (Fsp3) is 0. The molecule has 252 valence electrons. The smallest absolute Gasteiger partial charge is 0.160 e. The van der Waals surface area contributed by atoms with Crippen molar-refractivity contribution in [1.82, 2.24) is 19.1 Å². The second-order valence-electron chi connectivity index (χ2n) is 13.8. The Morgan fingerprint density at radius 1 is 0.333 bits per heavy atom. The predicted octanol–water partition coefficient (Wildman–Crippen LogP) is 12.8. The molecule has 0 saturated heterocycles. The number of hydrogen-bond donors (Lipinski definition) is 0. The molecule has 54 heavy (non-hydrogen) atoms. The quantitative estimate of drug-likeness (QED) is 0.180. The monoisotopic (exact) mass is 688 g/mol. The van der Waals surface area contributed by atoms with Gasteiger partial charge in [-0.05, 0) is 71.8 Å². The van der Waals surface area contributed by atoms with Gasteiger partial charge in [0, 0.05) is 49.4 Å². The maximum absolute atomic E-state index is 5.15. The Labute approximate surface area is 311 Å². The van der Waals surface area contributed by atoms with E-state index in [2.05, 4.69) is 191 Å². The van der Waals surface area contributed by atoms with Gasteiger partial charge >= 0.3 is 0 Å². The summed E-state index contributed by atoms with van der Waals surface area (Å²) < 4.78 is 4.85. The highest BCUT2D eigenvalue weighted by Gasteiger charge is 2.21. The normalized spacial score (nSPS) is 11.7. The molecule has 4 heteroatoms. The Hall–Kier alpha value is -7.30. The summed E-state index contributed by atoms with van der Waals surface area (Å²) in [4.78, 5) is 10.2. The van der Waals surface area contributed by atoms with Crippen molar-refractivity contribution in [2.24, 2.45) is 0 Å². The third-order valence-electron chi connectivity index (χ3n) is 10.7. The summed E-state index contributed by atoms with van der Waals surface area (Å²) in [7, 11) is 0. The molecule has 0 unspecified atom stereocenters. The molecule has 0 aliphatic heterocycles. The third-order valence-corrected chi connectivity index (χ3v) is 10.7. The van der Waals surface area contributed by atoms with E-state index in [1.54, 1.807) is 0 Å². The Kier molecular flexibility index (Phi) is 6.82. The summed E-state index contributed by atoms with van der Waals surface area (Å²) in [6.45, 7) is 0. The summed E-state index contributed by atoms with van der Waals surface area (Å²) in [6.07, 6.45) is 0. The standard InChI is InChI=1S/C50H32N4/c1-3-14-33(15-4-1)36-18-13-19-38(32-36)53-45-25-12-9-22-42(45)47-46(53)31-30-40-39-20-8-11-24-44(39)54(49(40)47)37-28-26-35(27-29-37)50-51-43-23-10-7-21-41(43)48(52-50)34-16-5-2-6-17-34/h1-32H. The molecule has 0 amide bonds. The molecule has 0 spiro atoms. The lowest BCUT2D eigenvalue weighted by Gasteiger charge is -2.12. The van der Waals surface area contributed by atoms with E-state index in [1.165, 1.54) is 54.7 Å². The van der Waals surface area contributed by atoms with Crippen LogP contribution >= 0.6 is 0 Å². The van der Waals surface area contributed by atoms with Gasteiger partial charge in [-0.15, -0.1) is 0 Å². The highest BCUT2D eigenvalue weighted by Crippen LogP contribution is 2.42. The topological polar surface area (TPSA) is 35.6 Å². The molecule has 0 N–H and O–H groups in total. The van der Waals surface area contributed by atoms with E-state index in [1.807, 2.05) is 12.1 Å². The van der Waals surface area contributed by atoms with Crippen LogP contribution in [0.2, 0.25) is 0 Å². The second-order valence-corrected chi connectivity index (χ2v) is 13.8. The largest absolute Gasteiger partial charge is 0.309 e. The summed E-state index contributed by atoms with van der Waals surface area (Å²) in [5.41, 5.74) is 13.3. The van der Waals surface area contributed by atoms with Crippen LogP contribution in [0.5, 0.6) is 0 Å². The Morgan fingerprint density at radius 3 is 1.74 bits per heavy atom. The zero-order valence-electron chi connectivity index (χ0n) is 29.3. The fourth-order valence-electron chi connectivity index (χ4n) is 8.29. The molecule has 0 saturated carbocycles. The van der Waals surface area contributed by atoms with Gasteiger partial charge in [0.1, 0.15) is 0 Å². The molecule has 3 heterocycles. The number of nitrogens with zero attached hydrogens (tertiary/aromatic N) is 4. The van der Waals surface area contributed by atoms with Gasteiger partial charge in [-0.25, -0.2) is 9.97 Å². The van der Waals surface area contributed by atoms with Crippen LogP contribution in [0.15, 0.2) is 194 Å². The molecule has 11 rings (SSSR count). The molecule has 0 radical (unpaired) electrons. The minimum atomic E-state index is 0.713. The van der Waals surface area contributed by atoms with Gasteiger partial charge in [-0.1, -0.05) is 133 Å². The van der Waals surface area contributed by atoms with Crippen molar-refractivity contribution in [2.45, 2.75) is 0 Å². The minimum absolute atomic E-state index is 0.713. The van der Waals surface area contributed by atoms with Crippen LogP contribution in [0, 0.1) is 0 Å². The first kappa shape index (κ1) is 30.3. The maximum Gasteiger partial charge on any atom is 0.160 e. The zero-order chi connectivity index (χ0) is 35.6. The maximum atomic E-state index is 5.15. The molecule has 0 aliphatic carbocycles. The highest BCUT2D eigenvalue weighted by atomic mass is 15.0. The SMILES string of the molecule is c1ccc(-c2cccc(-n3c4ccccc4c4c3ccc3c5ccccc5n(-c5ccc(-c6nc(-c7ccccc7)c7ccccc7n6)cc5)c34)c2)cc1. The molecule has 0 atom stereocenters. The van der Waals surface area contributed by atoms with Crippen molar-refractivity contribution in [2.75, 3.05) is 0 Å². The van der Waals surface area contributed by atoms with E-state index in [4.69, 9.17) is 9.97 Å². The Morgan fingerprint density at radius 2 is 0.963 bits per heavy atom. The van der Waals surface area contributed by atoms with Crippen LogP contribution in [-0.4, -0.2) is 19.1 Å². The molecule has 0 aliphatic rings. The van der Waals surface area contributed by atoms with Gasteiger partial charge < -0.3 is 9.13 Å². The van der Waals surface area contributed by atoms with E-state index in [0.29, 0.717) is 5.82 Å². The van der Waals surface area contributed by atoms with Crippen molar-refractivity contribution in [3.05, 3.63) is 194 Å². The summed E-state index contributed by atoms with van der Waals surface area (Å²) in [5.74, 6) is 0.713. The van der Waals surface area contributed by atoms with E-state index >= 15 is 0 Å². The van der Waals surface area contributed by atoms with Crippen molar-refractivity contribution in [3.8, 4) is 45.1 Å². The van der Waals surface area contributed by atoms with Gasteiger partial charge in [0.15, 0.2) is 5.82 Å². The van der Waals surface area contributed by atoms with Crippen molar-refractivity contribution >= 4 is 54.5 Å². The van der Waals surface area contributed by atoms with E-state index < -0.39 is 0 Å². The third kappa shape index (κ3) is 4.70. The lowest BCUT2D eigenvalue weighted by atomic mass is 10.1. The first-order valence-electron chi connectivity index (χ1n) is 18.3. The molecule has 0 fully saturated rings. The number of rotatable bonds is 5. The average molecular weight is 689 g/mol. The summed E-state index contributed by atoms with van der Waals surface area (Å²) >= 11 is 0. The van der Waals surface area contributed by atoms with Crippen LogP contribution in [0.25, 0.3) is 99.7 Å². The minimum Gasteiger partial charge on any atom is -0.309 e. The molecule has 4 nitrogen and oxygen atoms in total. The van der Waals surface area contributed by atoms with Gasteiger partial charge in [-0.2, -0.15) is 0 Å². The number of fused-ring (bicyclic) bond motifs is 8. The first-order chi connectivity index (χ1) is 26.8. The first-order valence-corrected chi connectivity index (χ1v) is 18.3. The number of aromatic nitrogens is 4. The zero-order valence-corrected chi connectivity index (χ0v) is 29.3. The van der Waals surface area contributed by atoms with Gasteiger partial charge in [0.2, 0.25) is 0 Å². The van der Waals surface area contributed by atoms with Crippen molar-refractivity contribution in [1.29, 1.82) is 0 Å². The number of para-hydroxylation sites is 3. The van der Waals surface area contributed by atoms with Crippen molar-refractivity contribution in [3.63, 3.8) is 0 Å². The highest BCUT2D eigenvalue weighted by molar-refractivity contribution is 6.26. The fourth-order valence-corrected chi connectivity index (χ4v) is 8.29. The molecular weight excluding hydrogens is 657 g/mol. The van der Waals surface area contributed by atoms with Crippen molar-refractivity contribution < 1.29 is 0 Å². The molecule has 11 aromatic rings. The summed E-state index contributed by atoms with van der Waals surface area (Å²) in [5, 5.41) is 5.96. The molecular formula is C50H32N4. The predicted molar refractivity (Wildman–Crippen MR) is 225 cm³/mol. The lowest BCUT2D eigenvalue weighted by molar-refractivity contribution is 1.17. The van der Waals surface area contributed by atoms with Gasteiger partial charge in [0.25, 0.3) is 0 Å². The number of benzene rings is 8. The van der Waals surface area contributed by atoms with Crippen LogP contribution in [0.3, 0.4) is 0 Å². The van der Waals surface area contributed by atoms with Crippen LogP contribution in [-0.2, 0) is 0 Å². The average Bonchev–Trinajstić information content (AvgIpc) is 3.77. The van der Waals surface area contributed by atoms with Gasteiger partial charge in [0.05, 0.1) is 33.3 Å². The second kappa shape index (κ2) is 12.1. The van der Waals surface area contributed by atoms with E-state index in [9.17, 15) is 0 Å². The molecule has 3 aromatic heterocycles. The van der Waals surface area contributed by atoms with Crippen LogP contribution in [0.1, 0.15) is 0 Å². The van der Waals surface area contributed by atoms with E-state index in [0.717, 1.165) is 39.1 Å². The van der Waals surface area contributed by atoms with Crippen LogP contribution < -0.4 is 0 Å². The van der Waals surface area contributed by atoms with Crippen LogP contribution in [0.4, 0.5) is 0 Å². The lowest BCUT2D eigenvalue weighted by Crippen LogP contribution is -1.97. The Bertz CT molecular complexity index is 3190.